The van der Waals surface area contributed by atoms with E-state index in [0.29, 0.717) is 5.95 Å². The van der Waals surface area contributed by atoms with Crippen LogP contribution in [-0.2, 0) is 0 Å². The summed E-state index contributed by atoms with van der Waals surface area (Å²) in [7, 11) is 0. The quantitative estimate of drug-likeness (QED) is 0.164. The van der Waals surface area contributed by atoms with Crippen molar-refractivity contribution in [1.29, 1.82) is 0 Å². The standard InChI is InChI=1S/C56H34N4/c1-3-13-35(14-4-1)48-34-49(36-15-5-2-6-16-36)58-56(57-48)60-51-24-10-8-22-44(51)47-32-52-46(33-53(47)60)43-21-7-9-23-50(43)59(52)41-20-12-19-40(31-41)42-29-27-39-26-25-37-17-11-18-38-28-30-45(42)55(39)54(37)38/h1-34H. The summed E-state index contributed by atoms with van der Waals surface area (Å²) < 4.78 is 4.69. The summed E-state index contributed by atoms with van der Waals surface area (Å²) in [5.41, 5.74) is 11.9. The van der Waals surface area contributed by atoms with Gasteiger partial charge >= 0.3 is 0 Å². The number of fused-ring (bicyclic) bond motifs is 6. The van der Waals surface area contributed by atoms with Gasteiger partial charge in [-0.15, -0.1) is 0 Å². The van der Waals surface area contributed by atoms with E-state index in [2.05, 4.69) is 203 Å². The number of hydrogen-bond donors (Lipinski definition) is 0. The Morgan fingerprint density at radius 1 is 0.300 bits per heavy atom. The van der Waals surface area contributed by atoms with Gasteiger partial charge in [0.05, 0.1) is 33.5 Å². The van der Waals surface area contributed by atoms with Crippen molar-refractivity contribution in [2.24, 2.45) is 0 Å². The second-order valence-electron chi connectivity index (χ2n) is 15.8. The third kappa shape index (κ3) is 4.85. The normalized spacial score (nSPS) is 12.0. The van der Waals surface area contributed by atoms with Gasteiger partial charge in [-0.05, 0) is 85.9 Å². The monoisotopic (exact) mass is 762 g/mol. The maximum Gasteiger partial charge on any atom is 0.235 e. The first-order valence-electron chi connectivity index (χ1n) is 20.5. The zero-order chi connectivity index (χ0) is 39.3. The van der Waals surface area contributed by atoms with Crippen molar-refractivity contribution in [3.8, 4) is 45.3 Å². The number of nitrogens with zero attached hydrogens (tertiary/aromatic N) is 4. The predicted octanol–water partition coefficient (Wildman–Crippen LogP) is 14.6. The fourth-order valence-corrected chi connectivity index (χ4v) is 9.77. The number of para-hydroxylation sites is 2. The Morgan fingerprint density at radius 3 is 1.48 bits per heavy atom. The van der Waals surface area contributed by atoms with E-state index in [1.807, 2.05) is 12.1 Å². The largest absolute Gasteiger partial charge is 0.309 e. The van der Waals surface area contributed by atoms with Crippen molar-refractivity contribution in [3.63, 3.8) is 0 Å². The fourth-order valence-electron chi connectivity index (χ4n) is 9.77. The topological polar surface area (TPSA) is 35.6 Å². The minimum atomic E-state index is 0.644. The minimum absolute atomic E-state index is 0.644. The van der Waals surface area contributed by atoms with Crippen LogP contribution >= 0.6 is 0 Å². The molecule has 4 heteroatoms. The number of rotatable bonds is 5. The van der Waals surface area contributed by atoms with Gasteiger partial charge in [0.2, 0.25) is 5.95 Å². The molecule has 0 N–H and O–H groups in total. The highest BCUT2D eigenvalue weighted by Gasteiger charge is 2.21. The van der Waals surface area contributed by atoms with Gasteiger partial charge < -0.3 is 4.57 Å². The minimum Gasteiger partial charge on any atom is -0.309 e. The molecule has 0 aliphatic heterocycles. The molecular weight excluding hydrogens is 729 g/mol. The van der Waals surface area contributed by atoms with Crippen LogP contribution in [0.15, 0.2) is 206 Å². The van der Waals surface area contributed by atoms with Crippen LogP contribution in [0.3, 0.4) is 0 Å². The molecule has 3 aromatic heterocycles. The Kier molecular flexibility index (Phi) is 6.98. The van der Waals surface area contributed by atoms with Gasteiger partial charge in [0.25, 0.3) is 0 Å². The average molecular weight is 763 g/mol. The number of aromatic nitrogens is 4. The number of benzene rings is 10. The summed E-state index contributed by atoms with van der Waals surface area (Å²) >= 11 is 0. The molecule has 0 radical (unpaired) electrons. The van der Waals surface area contributed by atoms with Crippen molar-refractivity contribution in [2.75, 3.05) is 0 Å². The molecule has 13 rings (SSSR count). The van der Waals surface area contributed by atoms with Crippen molar-refractivity contribution in [3.05, 3.63) is 206 Å². The summed E-state index contributed by atoms with van der Waals surface area (Å²) in [5, 5.41) is 12.5. The molecule has 0 bridgehead atoms. The lowest BCUT2D eigenvalue weighted by atomic mass is 9.90. The lowest BCUT2D eigenvalue weighted by Gasteiger charge is -2.15. The second-order valence-corrected chi connectivity index (χ2v) is 15.8. The third-order valence-corrected chi connectivity index (χ3v) is 12.5. The molecule has 278 valence electrons. The maximum absolute atomic E-state index is 5.30. The van der Waals surface area contributed by atoms with Crippen LogP contribution in [0.1, 0.15) is 0 Å². The summed E-state index contributed by atoms with van der Waals surface area (Å²) in [6, 6.07) is 74.4. The highest BCUT2D eigenvalue weighted by Crippen LogP contribution is 2.42. The Labute approximate surface area is 345 Å². The molecule has 0 atom stereocenters. The molecule has 0 unspecified atom stereocenters. The van der Waals surface area contributed by atoms with E-state index in [-0.39, 0.29) is 0 Å². The first kappa shape index (κ1) is 32.9. The van der Waals surface area contributed by atoms with Crippen molar-refractivity contribution in [2.45, 2.75) is 0 Å². The molecule has 13 aromatic rings. The molecule has 10 aromatic carbocycles. The maximum atomic E-state index is 5.30. The highest BCUT2D eigenvalue weighted by atomic mass is 15.2. The van der Waals surface area contributed by atoms with Gasteiger partial charge in [0.15, 0.2) is 0 Å². The summed E-state index contributed by atoms with van der Waals surface area (Å²) in [6.45, 7) is 0. The number of hydrogen-bond acceptors (Lipinski definition) is 2. The Hall–Kier alpha value is -8.08. The zero-order valence-corrected chi connectivity index (χ0v) is 32.4. The summed E-state index contributed by atoms with van der Waals surface area (Å²) in [4.78, 5) is 10.6. The van der Waals surface area contributed by atoms with E-state index in [4.69, 9.17) is 9.97 Å². The van der Waals surface area contributed by atoms with Gasteiger partial charge in [-0.25, -0.2) is 9.97 Å². The van der Waals surface area contributed by atoms with E-state index in [9.17, 15) is 0 Å². The third-order valence-electron chi connectivity index (χ3n) is 12.5. The highest BCUT2D eigenvalue weighted by molar-refractivity contribution is 6.25. The van der Waals surface area contributed by atoms with Crippen molar-refractivity contribution >= 4 is 75.9 Å². The van der Waals surface area contributed by atoms with E-state index in [1.54, 1.807) is 0 Å². The van der Waals surface area contributed by atoms with E-state index >= 15 is 0 Å². The van der Waals surface area contributed by atoms with Gasteiger partial charge in [-0.2, -0.15) is 0 Å². The molecule has 3 heterocycles. The molecule has 0 aliphatic carbocycles. The van der Waals surface area contributed by atoms with Crippen LogP contribution in [0, 0.1) is 0 Å². The van der Waals surface area contributed by atoms with Crippen LogP contribution in [0.2, 0.25) is 0 Å². The van der Waals surface area contributed by atoms with E-state index < -0.39 is 0 Å². The Morgan fingerprint density at radius 2 is 0.817 bits per heavy atom. The molecule has 60 heavy (non-hydrogen) atoms. The van der Waals surface area contributed by atoms with Crippen molar-refractivity contribution < 1.29 is 0 Å². The molecule has 0 saturated carbocycles. The molecule has 4 nitrogen and oxygen atoms in total. The summed E-state index contributed by atoms with van der Waals surface area (Å²) in [5.74, 6) is 0.644. The predicted molar refractivity (Wildman–Crippen MR) is 251 cm³/mol. The molecule has 0 amide bonds. The Bertz CT molecular complexity index is 3750. The lowest BCUT2D eigenvalue weighted by Crippen LogP contribution is -2.04. The van der Waals surface area contributed by atoms with Gasteiger partial charge in [0.1, 0.15) is 0 Å². The van der Waals surface area contributed by atoms with Gasteiger partial charge in [-0.3, -0.25) is 4.57 Å². The first-order valence-corrected chi connectivity index (χ1v) is 20.5. The van der Waals surface area contributed by atoms with Crippen LogP contribution in [0.25, 0.3) is 121 Å². The van der Waals surface area contributed by atoms with E-state index in [1.165, 1.54) is 54.2 Å². The fraction of sp³-hybridized carbons (Fsp3) is 0. The second kappa shape index (κ2) is 12.7. The molecule has 0 spiro atoms. The smallest absolute Gasteiger partial charge is 0.235 e. The zero-order valence-electron chi connectivity index (χ0n) is 32.4. The first-order chi connectivity index (χ1) is 29.7. The average Bonchev–Trinajstić information content (AvgIpc) is 3.82. The van der Waals surface area contributed by atoms with Crippen LogP contribution in [-0.4, -0.2) is 19.1 Å². The summed E-state index contributed by atoms with van der Waals surface area (Å²) in [6.07, 6.45) is 0. The Balaban J connectivity index is 1.05. The van der Waals surface area contributed by atoms with Crippen LogP contribution in [0.5, 0.6) is 0 Å². The van der Waals surface area contributed by atoms with E-state index in [0.717, 1.165) is 61.0 Å². The van der Waals surface area contributed by atoms with Gasteiger partial charge in [0, 0.05) is 38.4 Å². The molecule has 0 fully saturated rings. The SMILES string of the molecule is c1ccc(-c2cc(-c3ccccc3)nc(-n3c4ccccc4c4cc5c(cc43)c3ccccc3n5-c3cccc(-c4ccc5ccc6cccc7ccc4c5c67)c3)n2)cc1. The van der Waals surface area contributed by atoms with Gasteiger partial charge in [-0.1, -0.05) is 164 Å². The van der Waals surface area contributed by atoms with Crippen molar-refractivity contribution in [1.82, 2.24) is 19.1 Å². The molecule has 0 aliphatic rings. The van der Waals surface area contributed by atoms with Crippen LogP contribution in [0.4, 0.5) is 0 Å². The molecular formula is C56H34N4. The van der Waals surface area contributed by atoms with Crippen LogP contribution < -0.4 is 0 Å². The lowest BCUT2D eigenvalue weighted by molar-refractivity contribution is 0.996. The molecule has 0 saturated heterocycles.